The molecule has 2 aromatic carbocycles. The third kappa shape index (κ3) is 7.33. The number of anilines is 1. The minimum atomic E-state index is -4.93. The molecule has 158 valence electrons. The number of nitrogens with one attached hydrogen (secondary N) is 1. The van der Waals surface area contributed by atoms with Gasteiger partial charge in [0.05, 0.1) is 16.9 Å². The molecule has 1 amide bonds. The summed E-state index contributed by atoms with van der Waals surface area (Å²) >= 11 is 0. The van der Waals surface area contributed by atoms with E-state index in [1.165, 1.54) is 19.2 Å². The molecule has 0 saturated carbocycles. The molecule has 0 spiro atoms. The Morgan fingerprint density at radius 3 is 2.26 bits per heavy atom. The van der Waals surface area contributed by atoms with Crippen LogP contribution in [0.5, 0.6) is 5.75 Å². The van der Waals surface area contributed by atoms with Gasteiger partial charge in [-0.25, -0.2) is 8.42 Å². The Labute approximate surface area is 206 Å². The van der Waals surface area contributed by atoms with Crippen LogP contribution in [0, 0.1) is 10.1 Å². The minimum absolute atomic E-state index is 0. The molecular weight excluding hydrogens is 460 g/mol. The number of hydrogen-bond acceptors (Lipinski definition) is 10. The molecule has 0 saturated heterocycles. The minimum Gasteiger partial charge on any atom is -0.744 e. The number of carbonyl (C=O) groups excluding carboxylic acids is 2. The number of rotatable bonds is 8. The van der Waals surface area contributed by atoms with Crippen LogP contribution in [0.3, 0.4) is 0 Å². The van der Waals surface area contributed by atoms with Crippen molar-refractivity contribution in [3.05, 3.63) is 52.6 Å². The SMILES string of the molecule is COc1ccc(NC(=O)C(N=Nc2ccc(S(=O)(=O)[O-])cc2[N+](=O)[O-])C(C)=O)cc1.[Ca+2]. The van der Waals surface area contributed by atoms with Crippen molar-refractivity contribution in [2.24, 2.45) is 10.2 Å². The zero-order valence-corrected chi connectivity index (χ0v) is 19.4. The van der Waals surface area contributed by atoms with Crippen molar-refractivity contribution in [1.82, 2.24) is 0 Å². The van der Waals surface area contributed by atoms with Gasteiger partial charge in [-0.15, -0.1) is 5.11 Å². The van der Waals surface area contributed by atoms with Crippen LogP contribution in [0.1, 0.15) is 6.92 Å². The average Bonchev–Trinajstić information content (AvgIpc) is 2.67. The van der Waals surface area contributed by atoms with E-state index in [4.69, 9.17) is 4.74 Å². The van der Waals surface area contributed by atoms with E-state index in [2.05, 4.69) is 15.5 Å². The number of nitrogens with zero attached hydrogens (tertiary/aromatic N) is 3. The molecule has 14 heteroatoms. The molecule has 0 bridgehead atoms. The largest absolute Gasteiger partial charge is 2.00 e. The maximum Gasteiger partial charge on any atom is 2.00 e. The predicted octanol–water partition coefficient (Wildman–Crippen LogP) is 1.81. The van der Waals surface area contributed by atoms with E-state index >= 15 is 0 Å². The number of ether oxygens (including phenoxy) is 1. The average molecular weight is 475 g/mol. The van der Waals surface area contributed by atoms with Crippen molar-refractivity contribution in [3.63, 3.8) is 0 Å². The molecule has 1 N–H and O–H groups in total. The van der Waals surface area contributed by atoms with Crippen LogP contribution in [0.25, 0.3) is 0 Å². The number of carbonyl (C=O) groups is 2. The number of Topliss-reactive ketones (excluding diaryl/α,β-unsaturated/α-hetero) is 1. The van der Waals surface area contributed by atoms with Gasteiger partial charge in [0.2, 0.25) is 6.04 Å². The number of amides is 1. The zero-order chi connectivity index (χ0) is 22.5. The van der Waals surface area contributed by atoms with Crippen LogP contribution < -0.4 is 10.1 Å². The van der Waals surface area contributed by atoms with Crippen LogP contribution in [0.4, 0.5) is 17.1 Å². The van der Waals surface area contributed by atoms with E-state index < -0.39 is 49.0 Å². The number of benzene rings is 2. The van der Waals surface area contributed by atoms with Gasteiger partial charge < -0.3 is 14.6 Å². The van der Waals surface area contributed by atoms with Crippen molar-refractivity contribution < 1.29 is 32.2 Å². The van der Waals surface area contributed by atoms with Crippen LogP contribution in [0.2, 0.25) is 0 Å². The Morgan fingerprint density at radius 1 is 1.16 bits per heavy atom. The first-order valence-corrected chi connectivity index (χ1v) is 9.54. The number of azo groups is 1. The van der Waals surface area contributed by atoms with E-state index in [-0.39, 0.29) is 37.7 Å². The number of hydrogen-bond donors (Lipinski definition) is 1. The van der Waals surface area contributed by atoms with Crippen molar-refractivity contribution >= 4 is 76.6 Å². The van der Waals surface area contributed by atoms with Gasteiger partial charge in [-0.2, -0.15) is 5.11 Å². The Bertz CT molecular complexity index is 1120. The molecule has 0 radical (unpaired) electrons. The van der Waals surface area contributed by atoms with Gasteiger partial charge >= 0.3 is 37.7 Å². The van der Waals surface area contributed by atoms with Gasteiger partial charge in [0.1, 0.15) is 15.9 Å². The van der Waals surface area contributed by atoms with Gasteiger partial charge in [-0.05, 0) is 43.3 Å². The third-order valence-electron chi connectivity index (χ3n) is 3.70. The molecule has 2 rings (SSSR count). The Balaban J connectivity index is 0.00000480. The summed E-state index contributed by atoms with van der Waals surface area (Å²) in [6, 6.07) is 6.81. The topological polar surface area (TPSA) is 180 Å². The smallest absolute Gasteiger partial charge is 0.744 e. The van der Waals surface area contributed by atoms with Gasteiger partial charge in [0.15, 0.2) is 11.5 Å². The zero-order valence-electron chi connectivity index (χ0n) is 16.3. The monoisotopic (exact) mass is 475 g/mol. The summed E-state index contributed by atoms with van der Waals surface area (Å²) in [5.74, 6) is -0.976. The fourth-order valence-corrected chi connectivity index (χ4v) is 2.70. The maximum atomic E-state index is 12.4. The number of ketones is 1. The molecule has 12 nitrogen and oxygen atoms in total. The summed E-state index contributed by atoms with van der Waals surface area (Å²) in [5.41, 5.74) is -0.914. The first-order chi connectivity index (χ1) is 14.0. The number of nitro groups is 1. The first-order valence-electron chi connectivity index (χ1n) is 8.13. The molecule has 0 aliphatic rings. The molecule has 31 heavy (non-hydrogen) atoms. The van der Waals surface area contributed by atoms with E-state index in [9.17, 15) is 32.7 Å². The normalized spacial score (nSPS) is 12.0. The summed E-state index contributed by atoms with van der Waals surface area (Å²) in [4.78, 5) is 33.5. The van der Waals surface area contributed by atoms with Crippen LogP contribution in [-0.4, -0.2) is 80.5 Å². The summed E-state index contributed by atoms with van der Waals surface area (Å²) in [6.45, 7) is 1.08. The molecule has 0 aliphatic heterocycles. The molecule has 0 aliphatic carbocycles. The molecule has 1 atom stereocenters. The molecule has 1 unspecified atom stereocenters. The van der Waals surface area contributed by atoms with E-state index in [0.29, 0.717) is 17.5 Å². The fraction of sp³-hybridized carbons (Fsp3) is 0.176. The maximum absolute atomic E-state index is 12.4. The van der Waals surface area contributed by atoms with Gasteiger partial charge in [-0.3, -0.25) is 19.7 Å². The van der Waals surface area contributed by atoms with E-state index in [0.717, 1.165) is 19.1 Å². The van der Waals surface area contributed by atoms with Gasteiger partial charge in [-0.1, -0.05) is 0 Å². The molecule has 2 aromatic rings. The summed E-state index contributed by atoms with van der Waals surface area (Å²) < 4.78 is 38.1. The molecular formula is C17H15CaN4O8S+. The molecule has 0 aromatic heterocycles. The van der Waals surface area contributed by atoms with Gasteiger partial charge in [0, 0.05) is 11.8 Å². The van der Waals surface area contributed by atoms with Gasteiger partial charge in [0.25, 0.3) is 11.6 Å². The summed E-state index contributed by atoms with van der Waals surface area (Å²) in [6.07, 6.45) is 0. The van der Waals surface area contributed by atoms with Crippen molar-refractivity contribution in [1.29, 1.82) is 0 Å². The Hall–Kier alpha value is -2.45. The van der Waals surface area contributed by atoms with Crippen LogP contribution in [0.15, 0.2) is 57.6 Å². The second-order valence-corrected chi connectivity index (χ2v) is 7.19. The molecule has 0 heterocycles. The summed E-state index contributed by atoms with van der Waals surface area (Å²) in [5, 5.41) is 20.7. The standard InChI is InChI=1S/C17H16N4O8S.Ca/c1-10(22)16(17(23)18-11-3-5-12(29-2)6-4-11)20-19-14-8-7-13(30(26,27)28)9-15(14)21(24)25;/h3-9,16H,1-2H3,(H,18,23)(H,26,27,28);/q;+2/p-1. The Kier molecular flexibility index (Phi) is 9.65. The third-order valence-corrected chi connectivity index (χ3v) is 4.54. The molecule has 0 fully saturated rings. The predicted molar refractivity (Wildman–Crippen MR) is 107 cm³/mol. The van der Waals surface area contributed by atoms with Crippen molar-refractivity contribution in [3.8, 4) is 5.75 Å². The van der Waals surface area contributed by atoms with E-state index in [1.54, 1.807) is 12.1 Å². The Morgan fingerprint density at radius 2 is 1.77 bits per heavy atom. The van der Waals surface area contributed by atoms with Crippen molar-refractivity contribution in [2.45, 2.75) is 17.9 Å². The van der Waals surface area contributed by atoms with E-state index in [1.807, 2.05) is 0 Å². The summed E-state index contributed by atoms with van der Waals surface area (Å²) in [7, 11) is -3.46. The fourth-order valence-electron chi connectivity index (χ4n) is 2.21. The van der Waals surface area contributed by atoms with Crippen LogP contribution in [-0.2, 0) is 19.7 Å². The second-order valence-electron chi connectivity index (χ2n) is 5.81. The quantitative estimate of drug-likeness (QED) is 0.150. The number of nitro benzene ring substituents is 1. The second kappa shape index (κ2) is 11.2. The first kappa shape index (κ1) is 26.6. The van der Waals surface area contributed by atoms with Crippen LogP contribution >= 0.6 is 0 Å². The van der Waals surface area contributed by atoms with Crippen molar-refractivity contribution in [2.75, 3.05) is 12.4 Å². The number of methoxy groups -OCH3 is 1.